The maximum atomic E-state index is 8.34. The van der Waals surface area contributed by atoms with Gasteiger partial charge in [-0.2, -0.15) is 10.5 Å². The van der Waals surface area contributed by atoms with E-state index in [1.807, 2.05) is 17.0 Å². The number of hydrogen-bond acceptors (Lipinski definition) is 3. The second-order valence-corrected chi connectivity index (χ2v) is 2.45. The number of nitriles is 2. The lowest BCUT2D eigenvalue weighted by Crippen LogP contribution is -2.26. The quantitative estimate of drug-likeness (QED) is 0.529. The Morgan fingerprint density at radius 2 is 1.70 bits per heavy atom. The van der Waals surface area contributed by atoms with Crippen LogP contribution in [0.25, 0.3) is 0 Å². The van der Waals surface area contributed by atoms with Crippen LogP contribution in [0.15, 0.2) is 0 Å². The molecule has 1 rings (SSSR count). The molecule has 1 saturated carbocycles. The molecule has 0 aromatic heterocycles. The van der Waals surface area contributed by atoms with Crippen molar-refractivity contribution in [3.8, 4) is 12.1 Å². The van der Waals surface area contributed by atoms with Crippen molar-refractivity contribution in [3.63, 3.8) is 0 Å². The molecule has 1 aliphatic carbocycles. The molecule has 0 bridgehead atoms. The van der Waals surface area contributed by atoms with Crippen molar-refractivity contribution in [2.45, 2.75) is 18.9 Å². The van der Waals surface area contributed by atoms with Crippen LogP contribution in [0.5, 0.6) is 0 Å². The Morgan fingerprint density at radius 1 is 1.20 bits per heavy atom. The molecule has 0 spiro atoms. The van der Waals surface area contributed by atoms with Crippen molar-refractivity contribution in [3.05, 3.63) is 0 Å². The van der Waals surface area contributed by atoms with Crippen LogP contribution >= 0.6 is 0 Å². The highest BCUT2D eigenvalue weighted by molar-refractivity contribution is 4.93. The first-order valence-corrected chi connectivity index (χ1v) is 3.36. The first-order chi connectivity index (χ1) is 4.88. The molecular formula is C7H9N3. The fraction of sp³-hybridized carbons (Fsp3) is 0.714. The highest BCUT2D eigenvalue weighted by atomic mass is 15.2. The van der Waals surface area contributed by atoms with Gasteiger partial charge in [0.05, 0.1) is 25.2 Å². The zero-order valence-corrected chi connectivity index (χ0v) is 5.75. The van der Waals surface area contributed by atoms with Gasteiger partial charge in [0.1, 0.15) is 0 Å². The largest absolute Gasteiger partial charge is 0.274 e. The lowest BCUT2D eigenvalue weighted by atomic mass is 10.5. The minimum atomic E-state index is 0.401. The maximum absolute atomic E-state index is 8.34. The van der Waals surface area contributed by atoms with E-state index in [1.54, 1.807) is 0 Å². The molecule has 1 fully saturated rings. The average Bonchev–Trinajstić information content (AvgIpc) is 2.69. The molecular weight excluding hydrogens is 126 g/mol. The molecule has 0 N–H and O–H groups in total. The smallest absolute Gasteiger partial charge is 0.0876 e. The van der Waals surface area contributed by atoms with Gasteiger partial charge in [-0.1, -0.05) is 0 Å². The summed E-state index contributed by atoms with van der Waals surface area (Å²) in [7, 11) is 0. The summed E-state index contributed by atoms with van der Waals surface area (Å²) in [5, 5.41) is 16.7. The van der Waals surface area contributed by atoms with E-state index in [1.165, 1.54) is 0 Å². The maximum Gasteiger partial charge on any atom is 0.0876 e. The molecule has 0 amide bonds. The van der Waals surface area contributed by atoms with Gasteiger partial charge in [-0.15, -0.1) is 0 Å². The first-order valence-electron chi connectivity index (χ1n) is 3.36. The van der Waals surface area contributed by atoms with Crippen LogP contribution in [0.1, 0.15) is 12.8 Å². The summed E-state index contributed by atoms with van der Waals surface area (Å²) < 4.78 is 0. The molecule has 3 heteroatoms. The molecule has 0 radical (unpaired) electrons. The summed E-state index contributed by atoms with van der Waals surface area (Å²) in [5.74, 6) is 0. The van der Waals surface area contributed by atoms with Gasteiger partial charge in [0.2, 0.25) is 0 Å². The monoisotopic (exact) mass is 135 g/mol. The molecule has 0 aliphatic heterocycles. The standard InChI is InChI=1S/C7H9N3/c8-3-5-10(6-4-9)7-1-2-7/h7H,1-2,5-6H2. The average molecular weight is 135 g/mol. The van der Waals surface area contributed by atoms with Crippen LogP contribution in [0.3, 0.4) is 0 Å². The van der Waals surface area contributed by atoms with Crippen molar-refractivity contribution in [1.82, 2.24) is 4.90 Å². The van der Waals surface area contributed by atoms with Gasteiger partial charge in [-0.3, -0.25) is 4.90 Å². The minimum absolute atomic E-state index is 0.401. The molecule has 3 nitrogen and oxygen atoms in total. The topological polar surface area (TPSA) is 50.8 Å². The molecule has 10 heavy (non-hydrogen) atoms. The van der Waals surface area contributed by atoms with E-state index < -0.39 is 0 Å². The number of hydrogen-bond donors (Lipinski definition) is 0. The first kappa shape index (κ1) is 7.05. The molecule has 52 valence electrons. The highest BCUT2D eigenvalue weighted by Crippen LogP contribution is 2.25. The molecule has 0 unspecified atom stereocenters. The summed E-state index contributed by atoms with van der Waals surface area (Å²) in [4.78, 5) is 1.92. The van der Waals surface area contributed by atoms with Gasteiger partial charge in [0.25, 0.3) is 0 Å². The summed E-state index contributed by atoms with van der Waals surface area (Å²) in [6.45, 7) is 0.802. The van der Waals surface area contributed by atoms with E-state index in [2.05, 4.69) is 0 Å². The van der Waals surface area contributed by atoms with Crippen molar-refractivity contribution < 1.29 is 0 Å². The Kier molecular flexibility index (Phi) is 2.25. The summed E-state index contributed by atoms with van der Waals surface area (Å²) in [6.07, 6.45) is 2.31. The van der Waals surface area contributed by atoms with Crippen LogP contribution in [0.4, 0.5) is 0 Å². The lowest BCUT2D eigenvalue weighted by molar-refractivity contribution is 0.332. The second-order valence-electron chi connectivity index (χ2n) is 2.45. The van der Waals surface area contributed by atoms with Crippen LogP contribution in [0.2, 0.25) is 0 Å². The third kappa shape index (κ3) is 1.72. The number of rotatable bonds is 3. The Labute approximate surface area is 60.5 Å². The van der Waals surface area contributed by atoms with E-state index >= 15 is 0 Å². The van der Waals surface area contributed by atoms with E-state index in [4.69, 9.17) is 10.5 Å². The van der Waals surface area contributed by atoms with Crippen molar-refractivity contribution in [2.24, 2.45) is 0 Å². The Hall–Kier alpha value is -1.06. The lowest BCUT2D eigenvalue weighted by Gasteiger charge is -2.12. The van der Waals surface area contributed by atoms with Crippen molar-refractivity contribution in [2.75, 3.05) is 13.1 Å². The Morgan fingerprint density at radius 3 is 2.00 bits per heavy atom. The normalized spacial score (nSPS) is 16.3. The third-order valence-corrected chi connectivity index (χ3v) is 1.61. The summed E-state index contributed by atoms with van der Waals surface area (Å²) >= 11 is 0. The SMILES string of the molecule is N#CCN(CC#N)C1CC1. The summed E-state index contributed by atoms with van der Waals surface area (Å²) in [5.41, 5.74) is 0. The van der Waals surface area contributed by atoms with Crippen molar-refractivity contribution >= 4 is 0 Å². The highest BCUT2D eigenvalue weighted by Gasteiger charge is 2.28. The second kappa shape index (κ2) is 3.20. The molecule has 0 atom stereocenters. The van der Waals surface area contributed by atoms with Gasteiger partial charge < -0.3 is 0 Å². The molecule has 1 aliphatic rings. The number of nitrogens with zero attached hydrogens (tertiary/aromatic N) is 3. The van der Waals surface area contributed by atoms with Gasteiger partial charge >= 0.3 is 0 Å². The fourth-order valence-electron chi connectivity index (χ4n) is 0.935. The predicted molar refractivity (Wildman–Crippen MR) is 35.8 cm³/mol. The van der Waals surface area contributed by atoms with Crippen LogP contribution in [-0.2, 0) is 0 Å². The van der Waals surface area contributed by atoms with Gasteiger partial charge in [0, 0.05) is 6.04 Å². The Bertz CT molecular complexity index is 166. The van der Waals surface area contributed by atoms with E-state index in [0.29, 0.717) is 19.1 Å². The van der Waals surface area contributed by atoms with E-state index in [9.17, 15) is 0 Å². The predicted octanol–water partition coefficient (Wildman–Crippen LogP) is 0.498. The zero-order chi connectivity index (χ0) is 7.40. The van der Waals surface area contributed by atoms with Crippen LogP contribution < -0.4 is 0 Å². The van der Waals surface area contributed by atoms with E-state index in [0.717, 1.165) is 12.8 Å². The molecule has 0 saturated heterocycles. The van der Waals surface area contributed by atoms with Gasteiger partial charge in [-0.05, 0) is 12.8 Å². The molecule has 0 aromatic carbocycles. The molecule has 0 aromatic rings. The van der Waals surface area contributed by atoms with Gasteiger partial charge in [0.15, 0.2) is 0 Å². The fourth-order valence-corrected chi connectivity index (χ4v) is 0.935. The van der Waals surface area contributed by atoms with Crippen LogP contribution in [0, 0.1) is 22.7 Å². The van der Waals surface area contributed by atoms with Gasteiger partial charge in [-0.25, -0.2) is 0 Å². The third-order valence-electron chi connectivity index (χ3n) is 1.61. The summed E-state index contributed by atoms with van der Waals surface area (Å²) in [6, 6.07) is 4.62. The zero-order valence-electron chi connectivity index (χ0n) is 5.75. The van der Waals surface area contributed by atoms with Crippen LogP contribution in [-0.4, -0.2) is 24.0 Å². The molecule has 0 heterocycles. The van der Waals surface area contributed by atoms with Crippen molar-refractivity contribution in [1.29, 1.82) is 10.5 Å². The minimum Gasteiger partial charge on any atom is -0.274 e. The Balaban J connectivity index is 2.29. The van der Waals surface area contributed by atoms with E-state index in [-0.39, 0.29) is 0 Å².